The van der Waals surface area contributed by atoms with Crippen molar-refractivity contribution in [3.05, 3.63) is 0 Å². The lowest BCUT2D eigenvalue weighted by atomic mass is 9.90. The van der Waals surface area contributed by atoms with Crippen LogP contribution in [-0.2, 0) is 0 Å². The van der Waals surface area contributed by atoms with Gasteiger partial charge in [0.15, 0.2) is 0 Å². The number of halogens is 1. The standard InChI is InChI=1S/C7H16ClN/c1-7(2,3)4-6(8)5-9/h6H,4-5,9H2,1-3H3. The highest BCUT2D eigenvalue weighted by molar-refractivity contribution is 6.20. The van der Waals surface area contributed by atoms with Gasteiger partial charge in [-0.1, -0.05) is 20.8 Å². The molecule has 0 radical (unpaired) electrons. The third-order valence-corrected chi connectivity index (χ3v) is 1.42. The van der Waals surface area contributed by atoms with Crippen molar-refractivity contribution in [2.24, 2.45) is 11.1 Å². The maximum Gasteiger partial charge on any atom is 0.0463 e. The zero-order valence-corrected chi connectivity index (χ0v) is 7.20. The molecule has 0 amide bonds. The molecule has 0 aromatic rings. The molecule has 0 saturated heterocycles. The molecule has 0 heterocycles. The number of hydrogen-bond acceptors (Lipinski definition) is 1. The van der Waals surface area contributed by atoms with E-state index in [0.29, 0.717) is 12.0 Å². The summed E-state index contributed by atoms with van der Waals surface area (Å²) < 4.78 is 0. The molecular formula is C7H16ClN. The topological polar surface area (TPSA) is 26.0 Å². The molecule has 1 atom stereocenters. The summed E-state index contributed by atoms with van der Waals surface area (Å²) in [4.78, 5) is 0. The highest BCUT2D eigenvalue weighted by Crippen LogP contribution is 2.22. The smallest absolute Gasteiger partial charge is 0.0463 e. The first-order valence-electron chi connectivity index (χ1n) is 3.30. The van der Waals surface area contributed by atoms with Crippen LogP contribution in [-0.4, -0.2) is 11.9 Å². The minimum atomic E-state index is 0.144. The molecule has 0 aliphatic heterocycles. The number of rotatable bonds is 2. The Balaban J connectivity index is 3.47. The van der Waals surface area contributed by atoms with Gasteiger partial charge in [-0.3, -0.25) is 0 Å². The minimum Gasteiger partial charge on any atom is -0.329 e. The summed E-state index contributed by atoms with van der Waals surface area (Å²) in [5, 5.41) is 0.144. The van der Waals surface area contributed by atoms with E-state index in [1.54, 1.807) is 0 Å². The van der Waals surface area contributed by atoms with Crippen molar-refractivity contribution in [1.82, 2.24) is 0 Å². The van der Waals surface area contributed by atoms with Gasteiger partial charge in [0.2, 0.25) is 0 Å². The summed E-state index contributed by atoms with van der Waals surface area (Å²) >= 11 is 5.82. The molecule has 0 fully saturated rings. The molecule has 0 aromatic carbocycles. The molecule has 0 bridgehead atoms. The van der Waals surface area contributed by atoms with E-state index in [1.165, 1.54) is 0 Å². The van der Waals surface area contributed by atoms with Gasteiger partial charge in [-0.25, -0.2) is 0 Å². The molecule has 0 saturated carbocycles. The first-order chi connectivity index (χ1) is 3.95. The molecule has 1 unspecified atom stereocenters. The molecule has 1 nitrogen and oxygen atoms in total. The predicted octanol–water partition coefficient (Wildman–Crippen LogP) is 1.99. The van der Waals surface area contributed by atoms with E-state index in [0.717, 1.165) is 6.42 Å². The van der Waals surface area contributed by atoms with Crippen molar-refractivity contribution in [3.63, 3.8) is 0 Å². The minimum absolute atomic E-state index is 0.144. The summed E-state index contributed by atoms with van der Waals surface area (Å²) in [6.07, 6.45) is 0.991. The van der Waals surface area contributed by atoms with Gasteiger partial charge in [-0.2, -0.15) is 0 Å². The van der Waals surface area contributed by atoms with Gasteiger partial charge < -0.3 is 5.73 Å². The molecule has 2 heteroatoms. The summed E-state index contributed by atoms with van der Waals surface area (Å²) in [5.41, 5.74) is 5.66. The second-order valence-corrected chi connectivity index (χ2v) is 4.21. The quantitative estimate of drug-likeness (QED) is 0.598. The molecule has 0 rings (SSSR count). The Morgan fingerprint density at radius 3 is 2.00 bits per heavy atom. The van der Waals surface area contributed by atoms with E-state index in [2.05, 4.69) is 20.8 Å². The van der Waals surface area contributed by atoms with Gasteiger partial charge in [-0.05, 0) is 11.8 Å². The third-order valence-electron chi connectivity index (χ3n) is 1.09. The van der Waals surface area contributed by atoms with Gasteiger partial charge >= 0.3 is 0 Å². The Kier molecular flexibility index (Phi) is 3.52. The van der Waals surface area contributed by atoms with Crippen LogP contribution in [0, 0.1) is 5.41 Å². The van der Waals surface area contributed by atoms with Crippen molar-refractivity contribution in [1.29, 1.82) is 0 Å². The first-order valence-corrected chi connectivity index (χ1v) is 3.73. The van der Waals surface area contributed by atoms with Crippen molar-refractivity contribution in [2.75, 3.05) is 6.54 Å². The second-order valence-electron chi connectivity index (χ2n) is 3.60. The van der Waals surface area contributed by atoms with Crippen LogP contribution in [0.4, 0.5) is 0 Å². The lowest BCUT2D eigenvalue weighted by Crippen LogP contribution is -2.20. The Bertz CT molecular complexity index is 75.5. The van der Waals surface area contributed by atoms with Crippen molar-refractivity contribution >= 4 is 11.6 Å². The molecule has 0 aliphatic carbocycles. The van der Waals surface area contributed by atoms with Crippen molar-refractivity contribution in [2.45, 2.75) is 32.6 Å². The van der Waals surface area contributed by atoms with Gasteiger partial charge in [-0.15, -0.1) is 11.6 Å². The van der Waals surface area contributed by atoms with Crippen LogP contribution in [0.25, 0.3) is 0 Å². The van der Waals surface area contributed by atoms with Gasteiger partial charge in [0.05, 0.1) is 0 Å². The van der Waals surface area contributed by atoms with Crippen molar-refractivity contribution in [3.8, 4) is 0 Å². The van der Waals surface area contributed by atoms with E-state index in [1.807, 2.05) is 0 Å². The van der Waals surface area contributed by atoms with Gasteiger partial charge in [0, 0.05) is 11.9 Å². The summed E-state index contributed by atoms with van der Waals surface area (Å²) in [6, 6.07) is 0. The first kappa shape index (κ1) is 9.25. The van der Waals surface area contributed by atoms with Crippen molar-refractivity contribution < 1.29 is 0 Å². The lowest BCUT2D eigenvalue weighted by molar-refractivity contribution is 0.371. The number of nitrogens with two attached hydrogens (primary N) is 1. The molecular weight excluding hydrogens is 134 g/mol. The van der Waals surface area contributed by atoms with Gasteiger partial charge in [0.1, 0.15) is 0 Å². The lowest BCUT2D eigenvalue weighted by Gasteiger charge is -2.20. The van der Waals surface area contributed by atoms with E-state index in [4.69, 9.17) is 17.3 Å². The molecule has 56 valence electrons. The Hall–Kier alpha value is 0.250. The molecule has 9 heavy (non-hydrogen) atoms. The number of hydrogen-bond donors (Lipinski definition) is 1. The summed E-state index contributed by atoms with van der Waals surface area (Å²) in [6.45, 7) is 7.08. The highest BCUT2D eigenvalue weighted by Gasteiger charge is 2.14. The molecule has 0 aromatic heterocycles. The fourth-order valence-electron chi connectivity index (χ4n) is 0.748. The molecule has 0 aliphatic rings. The normalized spacial score (nSPS) is 15.7. The largest absolute Gasteiger partial charge is 0.329 e. The zero-order chi connectivity index (χ0) is 7.49. The maximum atomic E-state index is 5.82. The van der Waals surface area contributed by atoms with Crippen LogP contribution in [0.5, 0.6) is 0 Å². The monoisotopic (exact) mass is 149 g/mol. The Labute approximate surface area is 62.6 Å². The fraction of sp³-hybridized carbons (Fsp3) is 1.00. The second kappa shape index (κ2) is 3.43. The van der Waals surface area contributed by atoms with Crippen LogP contribution >= 0.6 is 11.6 Å². The van der Waals surface area contributed by atoms with Crippen LogP contribution in [0.3, 0.4) is 0 Å². The zero-order valence-electron chi connectivity index (χ0n) is 6.45. The van der Waals surface area contributed by atoms with E-state index in [-0.39, 0.29) is 5.38 Å². The third kappa shape index (κ3) is 6.13. The van der Waals surface area contributed by atoms with Crippen LogP contribution < -0.4 is 5.73 Å². The average molecular weight is 150 g/mol. The highest BCUT2D eigenvalue weighted by atomic mass is 35.5. The Morgan fingerprint density at radius 1 is 1.44 bits per heavy atom. The van der Waals surface area contributed by atoms with E-state index in [9.17, 15) is 0 Å². The van der Waals surface area contributed by atoms with Crippen LogP contribution in [0.1, 0.15) is 27.2 Å². The fourth-order valence-corrected chi connectivity index (χ4v) is 1.21. The van der Waals surface area contributed by atoms with E-state index >= 15 is 0 Å². The number of alkyl halides is 1. The van der Waals surface area contributed by atoms with Crippen LogP contribution in [0.15, 0.2) is 0 Å². The van der Waals surface area contributed by atoms with Crippen LogP contribution in [0.2, 0.25) is 0 Å². The Morgan fingerprint density at radius 2 is 1.89 bits per heavy atom. The average Bonchev–Trinajstić information content (AvgIpc) is 1.62. The molecule has 0 spiro atoms. The SMILES string of the molecule is CC(C)(C)CC(Cl)CN. The maximum absolute atomic E-state index is 5.82. The van der Waals surface area contributed by atoms with Gasteiger partial charge in [0.25, 0.3) is 0 Å². The predicted molar refractivity (Wildman–Crippen MR) is 42.8 cm³/mol. The summed E-state index contributed by atoms with van der Waals surface area (Å²) in [7, 11) is 0. The molecule has 2 N–H and O–H groups in total. The summed E-state index contributed by atoms with van der Waals surface area (Å²) in [5.74, 6) is 0. The van der Waals surface area contributed by atoms with E-state index < -0.39 is 0 Å².